The van der Waals surface area contributed by atoms with Crippen LogP contribution in [0.2, 0.25) is 5.02 Å². The Labute approximate surface area is 179 Å². The number of nitro groups is 2. The van der Waals surface area contributed by atoms with Crippen LogP contribution in [0.3, 0.4) is 0 Å². The fourth-order valence-electron chi connectivity index (χ4n) is 2.64. The standard InChI is InChI=1S/C20H11ClN4O6/c21-16-7-5-13(10-18(16)25(29)30)23-20(26)12(11-22)9-14-6-8-19(31-14)15-3-1-2-4-17(15)24(27)28/h1-10H,(H,23,26)/b12-9+. The molecule has 1 amide bonds. The van der Waals surface area contributed by atoms with Gasteiger partial charge >= 0.3 is 0 Å². The number of nitro benzene ring substituents is 2. The van der Waals surface area contributed by atoms with Gasteiger partial charge in [0.15, 0.2) is 0 Å². The van der Waals surface area contributed by atoms with Gasteiger partial charge in [-0.15, -0.1) is 0 Å². The number of amides is 1. The number of nitriles is 1. The average Bonchev–Trinajstić information content (AvgIpc) is 3.21. The molecule has 3 aromatic rings. The Morgan fingerprint density at radius 2 is 1.77 bits per heavy atom. The van der Waals surface area contributed by atoms with Crippen molar-refractivity contribution in [3.8, 4) is 17.4 Å². The van der Waals surface area contributed by atoms with Gasteiger partial charge in [-0.3, -0.25) is 25.0 Å². The number of hydrogen-bond donors (Lipinski definition) is 1. The molecule has 3 rings (SSSR count). The van der Waals surface area contributed by atoms with Crippen LogP contribution in [0.15, 0.2) is 64.6 Å². The lowest BCUT2D eigenvalue weighted by Gasteiger charge is -2.04. The van der Waals surface area contributed by atoms with Gasteiger partial charge in [-0.25, -0.2) is 0 Å². The van der Waals surface area contributed by atoms with Gasteiger partial charge in [-0.05, 0) is 30.3 Å². The van der Waals surface area contributed by atoms with E-state index in [-0.39, 0.29) is 39.1 Å². The van der Waals surface area contributed by atoms with Crippen molar-refractivity contribution >= 4 is 40.6 Å². The maximum Gasteiger partial charge on any atom is 0.289 e. The maximum absolute atomic E-state index is 12.4. The van der Waals surface area contributed by atoms with Crippen LogP contribution in [0.1, 0.15) is 5.76 Å². The molecule has 0 spiro atoms. The summed E-state index contributed by atoms with van der Waals surface area (Å²) in [7, 11) is 0. The summed E-state index contributed by atoms with van der Waals surface area (Å²) >= 11 is 5.74. The third-order valence-electron chi connectivity index (χ3n) is 4.05. The van der Waals surface area contributed by atoms with Crippen LogP contribution in [0.25, 0.3) is 17.4 Å². The van der Waals surface area contributed by atoms with Gasteiger partial charge in [0.25, 0.3) is 17.3 Å². The molecule has 1 N–H and O–H groups in total. The first-order valence-corrected chi connectivity index (χ1v) is 8.88. The van der Waals surface area contributed by atoms with Gasteiger partial charge in [0.05, 0.1) is 15.4 Å². The van der Waals surface area contributed by atoms with Crippen LogP contribution >= 0.6 is 11.6 Å². The molecule has 1 heterocycles. The van der Waals surface area contributed by atoms with Crippen molar-refractivity contribution in [2.45, 2.75) is 0 Å². The normalized spacial score (nSPS) is 10.9. The Morgan fingerprint density at radius 1 is 1.06 bits per heavy atom. The highest BCUT2D eigenvalue weighted by molar-refractivity contribution is 6.32. The van der Waals surface area contributed by atoms with Gasteiger partial charge in [-0.2, -0.15) is 5.26 Å². The Morgan fingerprint density at radius 3 is 2.45 bits per heavy atom. The summed E-state index contributed by atoms with van der Waals surface area (Å²) in [5.41, 5.74) is -0.594. The number of hydrogen-bond acceptors (Lipinski definition) is 7. The van der Waals surface area contributed by atoms with E-state index in [0.29, 0.717) is 0 Å². The van der Waals surface area contributed by atoms with Crippen molar-refractivity contribution in [3.63, 3.8) is 0 Å². The Bertz CT molecular complexity index is 1270. The van der Waals surface area contributed by atoms with E-state index in [2.05, 4.69) is 5.32 Å². The number of para-hydroxylation sites is 1. The van der Waals surface area contributed by atoms with E-state index in [1.807, 2.05) is 0 Å². The third kappa shape index (κ3) is 4.75. The minimum Gasteiger partial charge on any atom is -0.456 e. The van der Waals surface area contributed by atoms with Gasteiger partial charge in [0, 0.05) is 23.9 Å². The smallest absolute Gasteiger partial charge is 0.289 e. The number of anilines is 1. The van der Waals surface area contributed by atoms with Crippen LogP contribution in [0, 0.1) is 31.6 Å². The first-order chi connectivity index (χ1) is 14.8. The zero-order valence-electron chi connectivity index (χ0n) is 15.4. The van der Waals surface area contributed by atoms with Crippen molar-refractivity contribution in [1.82, 2.24) is 0 Å². The number of rotatable bonds is 6. The van der Waals surface area contributed by atoms with E-state index in [0.717, 1.165) is 12.1 Å². The van der Waals surface area contributed by atoms with Gasteiger partial charge in [-0.1, -0.05) is 23.7 Å². The largest absolute Gasteiger partial charge is 0.456 e. The lowest BCUT2D eigenvalue weighted by atomic mass is 10.1. The summed E-state index contributed by atoms with van der Waals surface area (Å²) in [5.74, 6) is -0.533. The molecule has 154 valence electrons. The number of halogens is 1. The van der Waals surface area contributed by atoms with E-state index < -0.39 is 21.4 Å². The molecule has 0 radical (unpaired) electrons. The van der Waals surface area contributed by atoms with Gasteiger partial charge < -0.3 is 9.73 Å². The summed E-state index contributed by atoms with van der Waals surface area (Å²) in [4.78, 5) is 33.3. The van der Waals surface area contributed by atoms with Crippen molar-refractivity contribution in [2.75, 3.05) is 5.32 Å². The van der Waals surface area contributed by atoms with E-state index in [9.17, 15) is 30.3 Å². The monoisotopic (exact) mass is 438 g/mol. The Hall–Kier alpha value is -4.49. The van der Waals surface area contributed by atoms with Crippen LogP contribution in [0.5, 0.6) is 0 Å². The molecule has 0 saturated carbocycles. The number of carbonyl (C=O) groups excluding carboxylic acids is 1. The Kier molecular flexibility index (Phi) is 6.09. The molecular weight excluding hydrogens is 428 g/mol. The van der Waals surface area contributed by atoms with Crippen molar-refractivity contribution in [2.24, 2.45) is 0 Å². The molecule has 0 aliphatic carbocycles. The molecule has 10 nitrogen and oxygen atoms in total. The fourth-order valence-corrected chi connectivity index (χ4v) is 2.82. The molecule has 31 heavy (non-hydrogen) atoms. The molecule has 0 unspecified atom stereocenters. The molecule has 0 atom stereocenters. The molecule has 0 aliphatic heterocycles. The van der Waals surface area contributed by atoms with Crippen LogP contribution in [-0.2, 0) is 4.79 Å². The lowest BCUT2D eigenvalue weighted by molar-refractivity contribution is -0.384. The van der Waals surface area contributed by atoms with Crippen LogP contribution < -0.4 is 5.32 Å². The summed E-state index contributed by atoms with van der Waals surface area (Å²) in [6, 6.07) is 14.3. The summed E-state index contributed by atoms with van der Waals surface area (Å²) in [5, 5.41) is 33.7. The van der Waals surface area contributed by atoms with E-state index in [1.54, 1.807) is 12.1 Å². The predicted octanol–water partition coefficient (Wildman–Crippen LogP) is 4.96. The van der Waals surface area contributed by atoms with E-state index >= 15 is 0 Å². The van der Waals surface area contributed by atoms with Crippen molar-refractivity contribution in [1.29, 1.82) is 5.26 Å². The second kappa shape index (κ2) is 8.89. The number of carbonyl (C=O) groups is 1. The first-order valence-electron chi connectivity index (χ1n) is 8.51. The second-order valence-corrected chi connectivity index (χ2v) is 6.43. The summed E-state index contributed by atoms with van der Waals surface area (Å²) in [6.07, 6.45) is 1.15. The molecule has 1 aromatic heterocycles. The molecule has 11 heteroatoms. The van der Waals surface area contributed by atoms with Gasteiger partial charge in [0.1, 0.15) is 28.2 Å². The van der Waals surface area contributed by atoms with Gasteiger partial charge in [0.2, 0.25) is 0 Å². The first kappa shape index (κ1) is 21.2. The lowest BCUT2D eigenvalue weighted by Crippen LogP contribution is -2.13. The zero-order valence-corrected chi connectivity index (χ0v) is 16.2. The molecule has 2 aromatic carbocycles. The second-order valence-electron chi connectivity index (χ2n) is 6.02. The molecule has 0 bridgehead atoms. The SMILES string of the molecule is N#C/C(=C\c1ccc(-c2ccccc2[N+](=O)[O-])o1)C(=O)Nc1ccc(Cl)c([N+](=O)[O-])c1. The van der Waals surface area contributed by atoms with Crippen molar-refractivity contribution < 1.29 is 19.1 Å². The highest BCUT2D eigenvalue weighted by Gasteiger charge is 2.18. The zero-order chi connectivity index (χ0) is 22.5. The Balaban J connectivity index is 1.86. The van der Waals surface area contributed by atoms with E-state index in [4.69, 9.17) is 16.0 Å². The highest BCUT2D eigenvalue weighted by Crippen LogP contribution is 2.31. The molecule has 0 fully saturated rings. The average molecular weight is 439 g/mol. The maximum atomic E-state index is 12.4. The number of nitrogens with zero attached hydrogens (tertiary/aromatic N) is 3. The number of nitrogens with one attached hydrogen (secondary N) is 1. The number of furan rings is 1. The minimum absolute atomic E-state index is 0.0716. The minimum atomic E-state index is -0.831. The van der Waals surface area contributed by atoms with Crippen LogP contribution in [-0.4, -0.2) is 15.8 Å². The molecular formula is C20H11ClN4O6. The fraction of sp³-hybridized carbons (Fsp3) is 0. The molecule has 0 aliphatic rings. The van der Waals surface area contributed by atoms with E-state index in [1.165, 1.54) is 42.5 Å². The quantitative estimate of drug-likeness (QED) is 0.247. The summed E-state index contributed by atoms with van der Waals surface area (Å²) < 4.78 is 5.54. The summed E-state index contributed by atoms with van der Waals surface area (Å²) in [6.45, 7) is 0. The number of benzene rings is 2. The van der Waals surface area contributed by atoms with Crippen molar-refractivity contribution in [3.05, 3.63) is 91.2 Å². The highest BCUT2D eigenvalue weighted by atomic mass is 35.5. The van der Waals surface area contributed by atoms with Crippen LogP contribution in [0.4, 0.5) is 17.1 Å². The topological polar surface area (TPSA) is 152 Å². The molecule has 0 saturated heterocycles. The predicted molar refractivity (Wildman–Crippen MR) is 111 cm³/mol. The third-order valence-corrected chi connectivity index (χ3v) is 4.36.